The van der Waals surface area contributed by atoms with E-state index in [0.29, 0.717) is 12.4 Å². The standard InChI is InChI=1S/C19H24N2O6S3/c1-15-14-16(5-6-17(15)26-2)29(22,23)20-9-7-19(8-10-20)21(11-12-27-19)30(24,25)18-4-3-13-28-18/h3-6,13-14H,7-12H2,1-2H3. The van der Waals surface area contributed by atoms with Gasteiger partial charge in [-0.1, -0.05) is 6.07 Å². The minimum Gasteiger partial charge on any atom is -0.496 e. The van der Waals surface area contributed by atoms with Crippen LogP contribution >= 0.6 is 11.3 Å². The first kappa shape index (κ1) is 21.7. The molecule has 1 aromatic carbocycles. The molecule has 4 rings (SSSR count). The van der Waals surface area contributed by atoms with Crippen LogP contribution in [0.4, 0.5) is 0 Å². The van der Waals surface area contributed by atoms with Crippen LogP contribution in [0.3, 0.4) is 0 Å². The lowest BCUT2D eigenvalue weighted by molar-refractivity contribution is -0.0806. The first-order valence-electron chi connectivity index (χ1n) is 9.56. The van der Waals surface area contributed by atoms with Gasteiger partial charge in [-0.2, -0.15) is 8.61 Å². The molecule has 2 saturated heterocycles. The molecule has 0 bridgehead atoms. The monoisotopic (exact) mass is 472 g/mol. The van der Waals surface area contributed by atoms with E-state index in [2.05, 4.69) is 0 Å². The molecule has 2 aliphatic rings. The van der Waals surface area contributed by atoms with E-state index in [1.54, 1.807) is 36.6 Å². The van der Waals surface area contributed by atoms with Gasteiger partial charge in [-0.25, -0.2) is 16.8 Å². The summed E-state index contributed by atoms with van der Waals surface area (Å²) in [5, 5.41) is 1.72. The number of hydrogen-bond acceptors (Lipinski definition) is 7. The second-order valence-electron chi connectivity index (χ2n) is 7.34. The van der Waals surface area contributed by atoms with Crippen LogP contribution in [0.25, 0.3) is 0 Å². The van der Waals surface area contributed by atoms with Crippen LogP contribution in [0.1, 0.15) is 18.4 Å². The molecule has 0 aliphatic carbocycles. The summed E-state index contributed by atoms with van der Waals surface area (Å²) in [5.74, 6) is 0.625. The summed E-state index contributed by atoms with van der Waals surface area (Å²) >= 11 is 1.17. The molecule has 0 N–H and O–H groups in total. The third-order valence-electron chi connectivity index (χ3n) is 5.67. The molecule has 1 aromatic heterocycles. The number of rotatable bonds is 5. The molecule has 0 radical (unpaired) electrons. The van der Waals surface area contributed by atoms with Gasteiger partial charge in [-0.3, -0.25) is 0 Å². The fraction of sp³-hybridized carbons (Fsp3) is 0.474. The maximum Gasteiger partial charge on any atom is 0.255 e. The number of nitrogens with zero attached hydrogens (tertiary/aromatic N) is 2. The largest absolute Gasteiger partial charge is 0.496 e. The number of ether oxygens (including phenoxy) is 2. The van der Waals surface area contributed by atoms with Gasteiger partial charge >= 0.3 is 0 Å². The van der Waals surface area contributed by atoms with E-state index >= 15 is 0 Å². The molecule has 30 heavy (non-hydrogen) atoms. The molecule has 2 aliphatic heterocycles. The first-order valence-corrected chi connectivity index (χ1v) is 13.3. The van der Waals surface area contributed by atoms with Gasteiger partial charge in [0.1, 0.15) is 15.7 Å². The molecular weight excluding hydrogens is 448 g/mol. The van der Waals surface area contributed by atoms with Crippen molar-refractivity contribution in [2.24, 2.45) is 0 Å². The van der Waals surface area contributed by atoms with Crippen molar-refractivity contribution in [3.05, 3.63) is 41.3 Å². The maximum absolute atomic E-state index is 13.1. The molecule has 2 fully saturated rings. The zero-order chi connectivity index (χ0) is 21.6. The van der Waals surface area contributed by atoms with Gasteiger partial charge < -0.3 is 9.47 Å². The number of piperidine rings is 1. The van der Waals surface area contributed by atoms with Crippen molar-refractivity contribution in [1.82, 2.24) is 8.61 Å². The Bertz CT molecular complexity index is 1120. The fourth-order valence-corrected chi connectivity index (χ4v) is 8.44. The van der Waals surface area contributed by atoms with E-state index in [0.717, 1.165) is 5.56 Å². The van der Waals surface area contributed by atoms with E-state index in [4.69, 9.17) is 9.47 Å². The molecule has 8 nitrogen and oxygen atoms in total. The lowest BCUT2D eigenvalue weighted by Crippen LogP contribution is -2.55. The number of benzene rings is 1. The normalized spacial score (nSPS) is 20.6. The van der Waals surface area contributed by atoms with Gasteiger partial charge in [0, 0.05) is 32.5 Å². The van der Waals surface area contributed by atoms with E-state index in [9.17, 15) is 16.8 Å². The van der Waals surface area contributed by atoms with E-state index in [1.807, 2.05) is 0 Å². The van der Waals surface area contributed by atoms with Crippen LogP contribution in [0.15, 0.2) is 44.8 Å². The lowest BCUT2D eigenvalue weighted by Gasteiger charge is -2.42. The highest BCUT2D eigenvalue weighted by molar-refractivity contribution is 7.91. The van der Waals surface area contributed by atoms with Crippen molar-refractivity contribution in [2.45, 2.75) is 34.6 Å². The highest BCUT2D eigenvalue weighted by atomic mass is 32.2. The second-order valence-corrected chi connectivity index (χ2v) is 12.3. The Morgan fingerprint density at radius 2 is 1.80 bits per heavy atom. The smallest absolute Gasteiger partial charge is 0.255 e. The molecule has 0 saturated carbocycles. The van der Waals surface area contributed by atoms with E-state index in [1.165, 1.54) is 33.1 Å². The Kier molecular flexibility index (Phi) is 5.71. The zero-order valence-electron chi connectivity index (χ0n) is 16.8. The minimum absolute atomic E-state index is 0.184. The highest BCUT2D eigenvalue weighted by Crippen LogP contribution is 2.40. The summed E-state index contributed by atoms with van der Waals surface area (Å²) in [7, 11) is -5.83. The molecular formula is C19H24N2O6S3. The van der Waals surface area contributed by atoms with Crippen molar-refractivity contribution in [1.29, 1.82) is 0 Å². The molecule has 1 spiro atoms. The quantitative estimate of drug-likeness (QED) is 0.663. The van der Waals surface area contributed by atoms with Crippen LogP contribution < -0.4 is 4.74 Å². The predicted molar refractivity (Wildman–Crippen MR) is 113 cm³/mol. The lowest BCUT2D eigenvalue weighted by atomic mass is 10.0. The summed E-state index contributed by atoms with van der Waals surface area (Å²) in [5.41, 5.74) is -0.260. The average Bonchev–Trinajstić information content (AvgIpc) is 3.39. The Hall–Kier alpha value is -1.50. The van der Waals surface area contributed by atoms with Gasteiger partial charge in [0.25, 0.3) is 10.0 Å². The second kappa shape index (κ2) is 7.88. The molecule has 0 amide bonds. The minimum atomic E-state index is -3.70. The van der Waals surface area contributed by atoms with Crippen LogP contribution in [-0.2, 0) is 24.8 Å². The number of sulfonamides is 2. The van der Waals surface area contributed by atoms with Crippen LogP contribution in [0, 0.1) is 6.92 Å². The third-order valence-corrected chi connectivity index (χ3v) is 10.9. The maximum atomic E-state index is 13.1. The molecule has 164 valence electrons. The summed E-state index contributed by atoms with van der Waals surface area (Å²) in [4.78, 5) is 0.201. The summed E-state index contributed by atoms with van der Waals surface area (Å²) in [6, 6.07) is 8.05. The third kappa shape index (κ3) is 3.57. The van der Waals surface area contributed by atoms with Crippen molar-refractivity contribution in [2.75, 3.05) is 33.4 Å². The number of thiophene rings is 1. The van der Waals surface area contributed by atoms with E-state index in [-0.39, 0.29) is 41.6 Å². The van der Waals surface area contributed by atoms with Crippen molar-refractivity contribution in [3.8, 4) is 5.75 Å². The SMILES string of the molecule is COc1ccc(S(=O)(=O)N2CCC3(CC2)OCCN3S(=O)(=O)c2cccs2)cc1C. The van der Waals surface area contributed by atoms with Crippen molar-refractivity contribution in [3.63, 3.8) is 0 Å². The van der Waals surface area contributed by atoms with Gasteiger partial charge in [0.15, 0.2) is 0 Å². The van der Waals surface area contributed by atoms with E-state index < -0.39 is 25.8 Å². The number of methoxy groups -OCH3 is 1. The van der Waals surface area contributed by atoms with Gasteiger partial charge in [-0.15, -0.1) is 11.3 Å². The summed E-state index contributed by atoms with van der Waals surface area (Å²) in [6.45, 7) is 2.73. The number of hydrogen-bond donors (Lipinski definition) is 0. The molecule has 3 heterocycles. The van der Waals surface area contributed by atoms with Crippen LogP contribution in [0.5, 0.6) is 5.75 Å². The molecule has 0 unspecified atom stereocenters. The summed E-state index contributed by atoms with van der Waals surface area (Å²) < 4.78 is 66.6. The Balaban J connectivity index is 1.55. The van der Waals surface area contributed by atoms with Crippen LogP contribution in [-0.4, -0.2) is 64.5 Å². The van der Waals surface area contributed by atoms with Gasteiger partial charge in [-0.05, 0) is 42.1 Å². The predicted octanol–water partition coefficient (Wildman–Crippen LogP) is 2.27. The Morgan fingerprint density at radius 1 is 1.07 bits per heavy atom. The molecule has 0 atom stereocenters. The van der Waals surface area contributed by atoms with Gasteiger partial charge in [0.2, 0.25) is 10.0 Å². The van der Waals surface area contributed by atoms with Crippen molar-refractivity contribution < 1.29 is 26.3 Å². The topological polar surface area (TPSA) is 93.2 Å². The highest BCUT2D eigenvalue weighted by Gasteiger charge is 2.52. The fourth-order valence-electron chi connectivity index (χ4n) is 4.08. The van der Waals surface area contributed by atoms with Crippen LogP contribution in [0.2, 0.25) is 0 Å². The zero-order valence-corrected chi connectivity index (χ0v) is 19.2. The first-order chi connectivity index (χ1) is 14.2. The Morgan fingerprint density at radius 3 is 2.40 bits per heavy atom. The molecule has 2 aromatic rings. The number of aryl methyl sites for hydroxylation is 1. The molecule has 11 heteroatoms. The Labute approximate surface area is 181 Å². The average molecular weight is 473 g/mol. The summed E-state index contributed by atoms with van der Waals surface area (Å²) in [6.07, 6.45) is 0.567. The van der Waals surface area contributed by atoms with Gasteiger partial charge in [0.05, 0.1) is 18.6 Å². The van der Waals surface area contributed by atoms with Crippen molar-refractivity contribution >= 4 is 31.4 Å².